The van der Waals surface area contributed by atoms with Crippen LogP contribution in [0.25, 0.3) is 0 Å². The van der Waals surface area contributed by atoms with E-state index >= 15 is 0 Å². The molecule has 9 nitrogen and oxygen atoms in total. The minimum Gasteiger partial charge on any atom is -0.489 e. The first kappa shape index (κ1) is 29.1. The quantitative estimate of drug-likeness (QED) is 0.124. The van der Waals surface area contributed by atoms with E-state index in [1.807, 2.05) is 18.2 Å². The highest BCUT2D eigenvalue weighted by Crippen LogP contribution is 2.19. The molecule has 0 aromatic heterocycles. The second-order valence-corrected chi connectivity index (χ2v) is 7.15. The third-order valence-electron chi connectivity index (χ3n) is 3.86. The van der Waals surface area contributed by atoms with Crippen LogP contribution >= 0.6 is 15.9 Å². The third-order valence-corrected chi connectivity index (χ3v) is 4.18. The van der Waals surface area contributed by atoms with Crippen LogP contribution in [0.4, 0.5) is 5.69 Å². The molecule has 0 bridgehead atoms. The molecule has 0 unspecified atom stereocenters. The maximum atomic E-state index is 5.80. The second-order valence-electron chi connectivity index (χ2n) is 6.36. The molecule has 0 fully saturated rings. The zero-order valence-corrected chi connectivity index (χ0v) is 20.4. The van der Waals surface area contributed by atoms with Gasteiger partial charge >= 0.3 is 0 Å². The van der Waals surface area contributed by atoms with Crippen LogP contribution < -0.4 is 10.5 Å². The molecular formula is C22H38BrNO8. The summed E-state index contributed by atoms with van der Waals surface area (Å²) < 4.78 is 43.4. The lowest BCUT2D eigenvalue weighted by molar-refractivity contribution is -0.0208. The van der Waals surface area contributed by atoms with Gasteiger partial charge in [-0.1, -0.05) is 28.1 Å². The van der Waals surface area contributed by atoms with Crippen molar-refractivity contribution in [2.45, 2.75) is 0 Å². The SMILES string of the molecule is Nc1ccccc1OCCOCCOCCOCCOCCOCCOCCOCCBr. The van der Waals surface area contributed by atoms with Gasteiger partial charge in [0.25, 0.3) is 0 Å². The van der Waals surface area contributed by atoms with E-state index in [-0.39, 0.29) is 0 Å². The molecule has 0 saturated heterocycles. The van der Waals surface area contributed by atoms with Crippen LogP contribution in [0.3, 0.4) is 0 Å². The number of alkyl halides is 1. The van der Waals surface area contributed by atoms with Crippen molar-refractivity contribution in [1.29, 1.82) is 0 Å². The van der Waals surface area contributed by atoms with Crippen molar-refractivity contribution in [1.82, 2.24) is 0 Å². The summed E-state index contributed by atoms with van der Waals surface area (Å²) in [5.74, 6) is 0.675. The lowest BCUT2D eigenvalue weighted by Crippen LogP contribution is -2.15. The Morgan fingerprint density at radius 3 is 1.22 bits per heavy atom. The summed E-state index contributed by atoms with van der Waals surface area (Å²) in [5, 5.41) is 0.841. The van der Waals surface area contributed by atoms with Gasteiger partial charge in [0, 0.05) is 5.33 Å². The lowest BCUT2D eigenvalue weighted by Gasteiger charge is -2.09. The molecule has 0 radical (unpaired) electrons. The van der Waals surface area contributed by atoms with E-state index in [1.54, 1.807) is 6.07 Å². The van der Waals surface area contributed by atoms with Gasteiger partial charge in [-0.3, -0.25) is 0 Å². The summed E-state index contributed by atoms with van der Waals surface area (Å²) in [4.78, 5) is 0. The zero-order valence-electron chi connectivity index (χ0n) is 18.8. The molecule has 0 aliphatic heterocycles. The average Bonchev–Trinajstić information content (AvgIpc) is 2.80. The summed E-state index contributed by atoms with van der Waals surface area (Å²) in [7, 11) is 0. The molecule has 10 heteroatoms. The fourth-order valence-corrected chi connectivity index (χ4v) is 2.53. The van der Waals surface area contributed by atoms with E-state index in [0.29, 0.717) is 111 Å². The van der Waals surface area contributed by atoms with Gasteiger partial charge in [-0.15, -0.1) is 0 Å². The zero-order chi connectivity index (χ0) is 23.0. The minimum absolute atomic E-state index is 0.448. The normalized spacial score (nSPS) is 11.2. The highest BCUT2D eigenvalue weighted by atomic mass is 79.9. The van der Waals surface area contributed by atoms with Gasteiger partial charge in [0.1, 0.15) is 12.4 Å². The first-order chi connectivity index (χ1) is 15.8. The van der Waals surface area contributed by atoms with Crippen molar-refractivity contribution >= 4 is 21.6 Å². The van der Waals surface area contributed by atoms with Crippen LogP contribution in [0.5, 0.6) is 5.75 Å². The number of rotatable bonds is 24. The Labute approximate surface area is 199 Å². The summed E-state index contributed by atoms with van der Waals surface area (Å²) in [6.07, 6.45) is 0. The topological polar surface area (TPSA) is 99.9 Å². The number of benzene rings is 1. The molecule has 0 heterocycles. The number of nitrogens with two attached hydrogens (primary N) is 1. The molecule has 2 N–H and O–H groups in total. The fourth-order valence-electron chi connectivity index (χ4n) is 2.30. The number of nitrogen functional groups attached to an aromatic ring is 1. The molecule has 0 saturated carbocycles. The first-order valence-electron chi connectivity index (χ1n) is 10.9. The van der Waals surface area contributed by atoms with Crippen molar-refractivity contribution in [3.8, 4) is 5.75 Å². The smallest absolute Gasteiger partial charge is 0.142 e. The Morgan fingerprint density at radius 2 is 0.844 bits per heavy atom. The van der Waals surface area contributed by atoms with Gasteiger partial charge in [0.2, 0.25) is 0 Å². The molecule has 1 rings (SSSR count). The molecule has 186 valence electrons. The van der Waals surface area contributed by atoms with Gasteiger partial charge in [-0.05, 0) is 12.1 Å². The first-order valence-corrected chi connectivity index (χ1v) is 12.0. The molecule has 32 heavy (non-hydrogen) atoms. The van der Waals surface area contributed by atoms with Crippen molar-refractivity contribution < 1.29 is 37.9 Å². The largest absolute Gasteiger partial charge is 0.489 e. The van der Waals surface area contributed by atoms with Gasteiger partial charge in [0.15, 0.2) is 0 Å². The van der Waals surface area contributed by atoms with Crippen molar-refractivity contribution in [3.05, 3.63) is 24.3 Å². The number of hydrogen-bond acceptors (Lipinski definition) is 9. The summed E-state index contributed by atoms with van der Waals surface area (Å²) in [6, 6.07) is 7.39. The van der Waals surface area contributed by atoms with E-state index in [4.69, 9.17) is 43.6 Å². The Kier molecular flexibility index (Phi) is 21.1. The van der Waals surface area contributed by atoms with E-state index in [9.17, 15) is 0 Å². The van der Waals surface area contributed by atoms with Gasteiger partial charge < -0.3 is 43.6 Å². The summed E-state index contributed by atoms with van der Waals surface area (Å²) in [5.41, 5.74) is 6.42. The molecule has 0 amide bonds. The Bertz CT molecular complexity index is 526. The van der Waals surface area contributed by atoms with Crippen molar-refractivity contribution in [2.75, 3.05) is 110 Å². The number of halogens is 1. The molecule has 0 aliphatic rings. The Balaban J connectivity index is 1.68. The maximum Gasteiger partial charge on any atom is 0.142 e. The van der Waals surface area contributed by atoms with E-state index in [2.05, 4.69) is 15.9 Å². The Hall–Kier alpha value is -0.980. The lowest BCUT2D eigenvalue weighted by atomic mass is 10.3. The van der Waals surface area contributed by atoms with E-state index in [0.717, 1.165) is 5.33 Å². The Morgan fingerprint density at radius 1 is 0.500 bits per heavy atom. The molecular weight excluding hydrogens is 486 g/mol. The van der Waals surface area contributed by atoms with Crippen LogP contribution in [0.15, 0.2) is 24.3 Å². The summed E-state index contributed by atoms with van der Waals surface area (Å²) in [6.45, 7) is 8.11. The predicted octanol–water partition coefficient (Wildman–Crippen LogP) is 2.16. The van der Waals surface area contributed by atoms with Gasteiger partial charge in [0.05, 0.1) is 98.2 Å². The number of hydrogen-bond donors (Lipinski definition) is 1. The number of ether oxygens (including phenoxy) is 8. The highest BCUT2D eigenvalue weighted by Gasteiger charge is 1.98. The average molecular weight is 524 g/mol. The molecule has 1 aromatic rings. The standard InChI is InChI=1S/C22H38BrNO8/c23-5-6-25-7-8-26-9-10-27-11-12-28-13-14-29-15-16-30-17-18-31-19-20-32-22-4-2-1-3-21(22)24/h1-4H,5-20,24H2. The van der Waals surface area contributed by atoms with E-state index in [1.165, 1.54) is 0 Å². The molecule has 1 aromatic carbocycles. The fraction of sp³-hybridized carbons (Fsp3) is 0.727. The third kappa shape index (κ3) is 18.6. The van der Waals surface area contributed by atoms with Crippen LogP contribution in [0, 0.1) is 0 Å². The maximum absolute atomic E-state index is 5.80. The van der Waals surface area contributed by atoms with Crippen molar-refractivity contribution in [2.24, 2.45) is 0 Å². The van der Waals surface area contributed by atoms with Crippen molar-refractivity contribution in [3.63, 3.8) is 0 Å². The van der Waals surface area contributed by atoms with Crippen LogP contribution in [0.1, 0.15) is 0 Å². The number of para-hydroxylation sites is 2. The highest BCUT2D eigenvalue weighted by molar-refractivity contribution is 9.09. The molecule has 0 spiro atoms. The molecule has 0 atom stereocenters. The minimum atomic E-state index is 0.448. The number of anilines is 1. The van der Waals surface area contributed by atoms with Crippen LogP contribution in [-0.4, -0.2) is 104 Å². The summed E-state index contributed by atoms with van der Waals surface area (Å²) >= 11 is 3.29. The van der Waals surface area contributed by atoms with E-state index < -0.39 is 0 Å². The van der Waals surface area contributed by atoms with Gasteiger partial charge in [-0.25, -0.2) is 0 Å². The predicted molar refractivity (Wildman–Crippen MR) is 126 cm³/mol. The van der Waals surface area contributed by atoms with Gasteiger partial charge in [-0.2, -0.15) is 0 Å². The van der Waals surface area contributed by atoms with Crippen LogP contribution in [0.2, 0.25) is 0 Å². The monoisotopic (exact) mass is 523 g/mol. The van der Waals surface area contributed by atoms with Crippen LogP contribution in [-0.2, 0) is 33.2 Å². The second kappa shape index (κ2) is 23.2. The molecule has 0 aliphatic carbocycles.